The average Bonchev–Trinajstić information content (AvgIpc) is 2.38. The van der Waals surface area contributed by atoms with Crippen LogP contribution in [-0.4, -0.2) is 0 Å². The fraction of sp³-hybridized carbons (Fsp3) is 0.294. The number of halogens is 2. The molecule has 0 heterocycles. The molecule has 0 N–H and O–H groups in total. The number of hydrogen-bond acceptors (Lipinski definition) is 0. The Morgan fingerprint density at radius 1 is 0.947 bits per heavy atom. The molecule has 2 rings (SSSR count). The number of benzene rings is 2. The highest BCUT2D eigenvalue weighted by Crippen LogP contribution is 2.32. The van der Waals surface area contributed by atoms with Crippen LogP contribution >= 0.6 is 31.9 Å². The average molecular weight is 382 g/mol. The summed E-state index contributed by atoms with van der Waals surface area (Å²) in [6, 6.07) is 17.3. The predicted molar refractivity (Wildman–Crippen MR) is 89.9 cm³/mol. The molecule has 0 nitrogen and oxygen atoms in total. The molecule has 2 heteroatoms. The van der Waals surface area contributed by atoms with E-state index in [0.717, 1.165) is 10.9 Å². The highest BCUT2D eigenvalue weighted by Gasteiger charge is 2.10. The van der Waals surface area contributed by atoms with Crippen molar-refractivity contribution in [2.24, 2.45) is 5.92 Å². The first kappa shape index (κ1) is 14.8. The van der Waals surface area contributed by atoms with Gasteiger partial charge in [-0.25, -0.2) is 0 Å². The van der Waals surface area contributed by atoms with Gasteiger partial charge in [0.25, 0.3) is 0 Å². The maximum atomic E-state index is 3.78. The Bertz CT molecular complexity index is 529. The van der Waals surface area contributed by atoms with Crippen molar-refractivity contribution in [1.29, 1.82) is 0 Å². The molecule has 0 bridgehead atoms. The molecule has 1 unspecified atom stereocenters. The second kappa shape index (κ2) is 6.71. The second-order valence-electron chi connectivity index (χ2n) is 5.26. The lowest BCUT2D eigenvalue weighted by Crippen LogP contribution is -1.96. The van der Waals surface area contributed by atoms with Crippen LogP contribution in [0.4, 0.5) is 0 Å². The van der Waals surface area contributed by atoms with Crippen molar-refractivity contribution in [1.82, 2.24) is 0 Å². The van der Waals surface area contributed by atoms with Gasteiger partial charge in [0, 0.05) is 4.47 Å². The van der Waals surface area contributed by atoms with Crippen molar-refractivity contribution in [3.05, 3.63) is 69.7 Å². The molecule has 2 aromatic carbocycles. The summed E-state index contributed by atoms with van der Waals surface area (Å²) in [5.74, 6) is 0.704. The summed E-state index contributed by atoms with van der Waals surface area (Å²) in [6.07, 6.45) is 1.14. The minimum absolute atomic E-state index is 0.248. The Labute approximate surface area is 132 Å². The van der Waals surface area contributed by atoms with Crippen molar-refractivity contribution in [2.75, 3.05) is 0 Å². The maximum absolute atomic E-state index is 3.78. The van der Waals surface area contributed by atoms with Crippen LogP contribution in [0.5, 0.6) is 0 Å². The van der Waals surface area contributed by atoms with Crippen LogP contribution < -0.4 is 0 Å². The van der Waals surface area contributed by atoms with Gasteiger partial charge in [-0.1, -0.05) is 82.1 Å². The predicted octanol–water partition coefficient (Wildman–Crippen LogP) is 6.13. The van der Waals surface area contributed by atoms with Crippen molar-refractivity contribution >= 4 is 31.9 Å². The van der Waals surface area contributed by atoms with E-state index in [4.69, 9.17) is 0 Å². The highest BCUT2D eigenvalue weighted by atomic mass is 79.9. The zero-order valence-corrected chi connectivity index (χ0v) is 14.4. The number of hydrogen-bond donors (Lipinski definition) is 0. The molecule has 0 spiro atoms. The first-order valence-corrected chi connectivity index (χ1v) is 8.25. The second-order valence-corrected chi connectivity index (χ2v) is 7.09. The van der Waals surface area contributed by atoms with Gasteiger partial charge in [0.2, 0.25) is 0 Å². The highest BCUT2D eigenvalue weighted by molar-refractivity contribution is 9.10. The van der Waals surface area contributed by atoms with Crippen LogP contribution in [0.25, 0.3) is 0 Å². The summed E-state index contributed by atoms with van der Waals surface area (Å²) in [4.78, 5) is 0.248. The molecular weight excluding hydrogens is 364 g/mol. The summed E-state index contributed by atoms with van der Waals surface area (Å²) in [6.45, 7) is 4.51. The summed E-state index contributed by atoms with van der Waals surface area (Å²) >= 11 is 7.30. The van der Waals surface area contributed by atoms with Crippen molar-refractivity contribution in [3.63, 3.8) is 0 Å². The molecule has 0 saturated carbocycles. The van der Waals surface area contributed by atoms with Gasteiger partial charge in [0.1, 0.15) is 0 Å². The topological polar surface area (TPSA) is 0 Å². The van der Waals surface area contributed by atoms with E-state index < -0.39 is 0 Å². The van der Waals surface area contributed by atoms with Gasteiger partial charge in [-0.2, -0.15) is 0 Å². The minimum Gasteiger partial charge on any atom is -0.0786 e. The van der Waals surface area contributed by atoms with Crippen molar-refractivity contribution < 1.29 is 0 Å². The monoisotopic (exact) mass is 380 g/mol. The quantitative estimate of drug-likeness (QED) is 0.558. The minimum atomic E-state index is 0.248. The number of alkyl halides is 1. The standard InChI is InChI=1S/C17H18Br2/c1-12(2)10-13-6-8-14(9-7-13)17(19)15-4-3-5-16(18)11-15/h3-9,11-12,17H,10H2,1-2H3. The van der Waals surface area contributed by atoms with Crippen molar-refractivity contribution in [3.8, 4) is 0 Å². The third-order valence-electron chi connectivity index (χ3n) is 3.06. The Morgan fingerprint density at radius 2 is 1.63 bits per heavy atom. The molecule has 100 valence electrons. The van der Waals surface area contributed by atoms with Gasteiger partial charge in [0.15, 0.2) is 0 Å². The largest absolute Gasteiger partial charge is 0.0786 e. The van der Waals surface area contributed by atoms with E-state index >= 15 is 0 Å². The molecule has 0 aliphatic heterocycles. The van der Waals surface area contributed by atoms with Crippen LogP contribution in [-0.2, 0) is 6.42 Å². The molecular formula is C17H18Br2. The van der Waals surface area contributed by atoms with E-state index in [1.165, 1.54) is 16.7 Å². The van der Waals surface area contributed by atoms with E-state index in [1.54, 1.807) is 0 Å². The first-order chi connectivity index (χ1) is 9.06. The van der Waals surface area contributed by atoms with E-state index in [1.807, 2.05) is 0 Å². The third kappa shape index (κ3) is 4.19. The lowest BCUT2D eigenvalue weighted by molar-refractivity contribution is 0.647. The third-order valence-corrected chi connectivity index (χ3v) is 4.61. The molecule has 0 radical (unpaired) electrons. The zero-order valence-electron chi connectivity index (χ0n) is 11.2. The Hall–Kier alpha value is -0.600. The molecule has 2 aromatic rings. The Kier molecular flexibility index (Phi) is 5.23. The van der Waals surface area contributed by atoms with E-state index in [9.17, 15) is 0 Å². The fourth-order valence-corrected chi connectivity index (χ4v) is 3.16. The van der Waals surface area contributed by atoms with Crippen LogP contribution in [0, 0.1) is 5.92 Å². The lowest BCUT2D eigenvalue weighted by Gasteiger charge is -2.12. The smallest absolute Gasteiger partial charge is 0.0645 e. The summed E-state index contributed by atoms with van der Waals surface area (Å²) in [5.41, 5.74) is 3.98. The van der Waals surface area contributed by atoms with Gasteiger partial charge in [-0.05, 0) is 41.2 Å². The lowest BCUT2D eigenvalue weighted by atomic mass is 9.99. The molecule has 0 aliphatic carbocycles. The zero-order chi connectivity index (χ0) is 13.8. The first-order valence-electron chi connectivity index (χ1n) is 6.54. The van der Waals surface area contributed by atoms with Crippen LogP contribution in [0.15, 0.2) is 53.0 Å². The van der Waals surface area contributed by atoms with Gasteiger partial charge in [0.05, 0.1) is 4.83 Å². The van der Waals surface area contributed by atoms with Crippen LogP contribution in [0.2, 0.25) is 0 Å². The molecule has 0 aromatic heterocycles. The van der Waals surface area contributed by atoms with Gasteiger partial charge >= 0.3 is 0 Å². The van der Waals surface area contributed by atoms with Crippen LogP contribution in [0.3, 0.4) is 0 Å². The van der Waals surface area contributed by atoms with Crippen molar-refractivity contribution in [2.45, 2.75) is 25.1 Å². The van der Waals surface area contributed by atoms with E-state index in [-0.39, 0.29) is 4.83 Å². The Morgan fingerprint density at radius 3 is 2.21 bits per heavy atom. The SMILES string of the molecule is CC(C)Cc1ccc(C(Br)c2cccc(Br)c2)cc1. The van der Waals surface area contributed by atoms with Crippen LogP contribution in [0.1, 0.15) is 35.4 Å². The van der Waals surface area contributed by atoms with E-state index in [0.29, 0.717) is 5.92 Å². The molecule has 1 atom stereocenters. The number of rotatable bonds is 4. The van der Waals surface area contributed by atoms with Gasteiger partial charge in [-0.3, -0.25) is 0 Å². The molecule has 0 amide bonds. The van der Waals surface area contributed by atoms with E-state index in [2.05, 4.69) is 94.2 Å². The summed E-state index contributed by atoms with van der Waals surface area (Å²) < 4.78 is 1.12. The Balaban J connectivity index is 2.17. The normalized spacial score (nSPS) is 12.7. The molecule has 19 heavy (non-hydrogen) atoms. The fourth-order valence-electron chi connectivity index (χ4n) is 2.15. The summed E-state index contributed by atoms with van der Waals surface area (Å²) in [7, 11) is 0. The maximum Gasteiger partial charge on any atom is 0.0645 e. The van der Waals surface area contributed by atoms with Gasteiger partial charge < -0.3 is 0 Å². The molecule has 0 fully saturated rings. The molecule has 0 aliphatic rings. The summed E-state index contributed by atoms with van der Waals surface area (Å²) in [5, 5.41) is 0. The molecule has 0 saturated heterocycles. The van der Waals surface area contributed by atoms with Gasteiger partial charge in [-0.15, -0.1) is 0 Å².